The van der Waals surface area contributed by atoms with Crippen molar-refractivity contribution in [2.24, 2.45) is 0 Å². The van der Waals surface area contributed by atoms with Crippen LogP contribution in [0.3, 0.4) is 0 Å². The monoisotopic (exact) mass is 313 g/mol. The summed E-state index contributed by atoms with van der Waals surface area (Å²) in [6, 6.07) is 15.8. The first-order chi connectivity index (χ1) is 9.22. The summed E-state index contributed by atoms with van der Waals surface area (Å²) in [4.78, 5) is 12.1. The third-order valence-corrected chi connectivity index (χ3v) is 3.62. The molecule has 94 valence electrons. The molecule has 19 heavy (non-hydrogen) atoms. The maximum absolute atomic E-state index is 12.1. The highest BCUT2D eigenvalue weighted by Gasteiger charge is 2.19. The molecule has 0 atom stereocenters. The molecule has 0 saturated carbocycles. The largest absolute Gasteiger partial charge is 0.322 e. The Hall–Kier alpha value is -1.87. The van der Waals surface area contributed by atoms with Gasteiger partial charge in [0.05, 0.1) is 0 Å². The number of benzene rings is 2. The number of halogens is 1. The van der Waals surface area contributed by atoms with Gasteiger partial charge in [-0.3, -0.25) is 4.79 Å². The van der Waals surface area contributed by atoms with Crippen molar-refractivity contribution in [3.05, 3.63) is 69.7 Å². The fraction of sp³-hybridized carbons (Fsp3) is 0.0625. The van der Waals surface area contributed by atoms with Crippen LogP contribution in [0.15, 0.2) is 58.6 Å². The van der Waals surface area contributed by atoms with E-state index in [0.717, 1.165) is 26.9 Å². The summed E-state index contributed by atoms with van der Waals surface area (Å²) < 4.78 is 1.03. The average molecular weight is 314 g/mol. The van der Waals surface area contributed by atoms with E-state index in [9.17, 15) is 4.79 Å². The van der Waals surface area contributed by atoms with E-state index in [1.165, 1.54) is 0 Å². The molecule has 0 spiro atoms. The zero-order chi connectivity index (χ0) is 13.2. The lowest BCUT2D eigenvalue weighted by atomic mass is 9.97. The zero-order valence-electron chi connectivity index (χ0n) is 10.2. The fourth-order valence-corrected chi connectivity index (χ4v) is 2.59. The molecule has 1 N–H and O–H groups in total. The van der Waals surface area contributed by atoms with Gasteiger partial charge in [0.1, 0.15) is 0 Å². The minimum absolute atomic E-state index is 0.0151. The van der Waals surface area contributed by atoms with Crippen LogP contribution in [-0.4, -0.2) is 5.91 Å². The standard InChI is InChI=1S/C16H12BrNO/c17-14-6-7-15-12(10-14)9-13(16(19)18-15)8-11-4-2-1-3-5-11/h1-8,10H,9H2,(H,18,19)/b13-8+. The molecule has 0 unspecified atom stereocenters. The first-order valence-corrected chi connectivity index (χ1v) is 6.87. The normalized spacial score (nSPS) is 16.1. The average Bonchev–Trinajstić information content (AvgIpc) is 2.41. The quantitative estimate of drug-likeness (QED) is 0.791. The molecule has 0 bridgehead atoms. The van der Waals surface area contributed by atoms with Crippen LogP contribution in [0.5, 0.6) is 0 Å². The van der Waals surface area contributed by atoms with Gasteiger partial charge in [0.15, 0.2) is 0 Å². The van der Waals surface area contributed by atoms with E-state index in [-0.39, 0.29) is 5.91 Å². The van der Waals surface area contributed by atoms with Crippen LogP contribution in [0, 0.1) is 0 Å². The van der Waals surface area contributed by atoms with E-state index in [2.05, 4.69) is 21.2 Å². The van der Waals surface area contributed by atoms with Crippen molar-refractivity contribution in [3.8, 4) is 0 Å². The van der Waals surface area contributed by atoms with E-state index >= 15 is 0 Å². The van der Waals surface area contributed by atoms with Gasteiger partial charge >= 0.3 is 0 Å². The molecule has 0 fully saturated rings. The van der Waals surface area contributed by atoms with Gasteiger partial charge in [0, 0.05) is 22.2 Å². The van der Waals surface area contributed by atoms with Gasteiger partial charge < -0.3 is 5.32 Å². The predicted molar refractivity (Wildman–Crippen MR) is 80.9 cm³/mol. The van der Waals surface area contributed by atoms with Crippen molar-refractivity contribution < 1.29 is 4.79 Å². The van der Waals surface area contributed by atoms with Gasteiger partial charge in [0.25, 0.3) is 5.91 Å². The summed E-state index contributed by atoms with van der Waals surface area (Å²) in [6.07, 6.45) is 2.61. The molecule has 1 aliphatic heterocycles. The highest BCUT2D eigenvalue weighted by atomic mass is 79.9. The third kappa shape index (κ3) is 2.61. The SMILES string of the molecule is O=C1Nc2ccc(Br)cc2C/C1=C\c1ccccc1. The van der Waals surface area contributed by atoms with Gasteiger partial charge in [-0.05, 0) is 35.4 Å². The number of hydrogen-bond donors (Lipinski definition) is 1. The lowest BCUT2D eigenvalue weighted by Crippen LogP contribution is -2.22. The van der Waals surface area contributed by atoms with Crippen LogP contribution < -0.4 is 5.32 Å². The smallest absolute Gasteiger partial charge is 0.251 e. The van der Waals surface area contributed by atoms with Crippen LogP contribution in [0.25, 0.3) is 6.08 Å². The minimum Gasteiger partial charge on any atom is -0.322 e. The Bertz CT molecular complexity index is 662. The summed E-state index contributed by atoms with van der Waals surface area (Å²) in [5.74, 6) is -0.0151. The molecule has 2 nitrogen and oxygen atoms in total. The zero-order valence-corrected chi connectivity index (χ0v) is 11.8. The molecule has 1 amide bonds. The number of anilines is 1. The summed E-state index contributed by atoms with van der Waals surface area (Å²) in [5, 5.41) is 2.93. The second kappa shape index (κ2) is 5.02. The molecule has 3 heteroatoms. The van der Waals surface area contributed by atoms with E-state index in [1.807, 2.05) is 54.6 Å². The van der Waals surface area contributed by atoms with E-state index in [0.29, 0.717) is 6.42 Å². The van der Waals surface area contributed by atoms with Crippen molar-refractivity contribution in [3.63, 3.8) is 0 Å². The first kappa shape index (κ1) is 12.2. The van der Waals surface area contributed by atoms with Gasteiger partial charge in [-0.1, -0.05) is 46.3 Å². The molecule has 1 heterocycles. The summed E-state index contributed by atoms with van der Waals surface area (Å²) in [5.41, 5.74) is 3.87. The van der Waals surface area contributed by atoms with Crippen LogP contribution in [0.4, 0.5) is 5.69 Å². The predicted octanol–water partition coefficient (Wildman–Crippen LogP) is 4.03. The fourth-order valence-electron chi connectivity index (χ4n) is 2.19. The Morgan fingerprint density at radius 1 is 1.11 bits per heavy atom. The molecule has 0 saturated heterocycles. The van der Waals surface area contributed by atoms with Crippen LogP contribution in [-0.2, 0) is 11.2 Å². The van der Waals surface area contributed by atoms with Crippen molar-refractivity contribution in [1.29, 1.82) is 0 Å². The second-order valence-electron chi connectivity index (χ2n) is 4.51. The second-order valence-corrected chi connectivity index (χ2v) is 5.43. The molecule has 0 radical (unpaired) electrons. The molecular weight excluding hydrogens is 302 g/mol. The third-order valence-electron chi connectivity index (χ3n) is 3.13. The number of hydrogen-bond acceptors (Lipinski definition) is 1. The van der Waals surface area contributed by atoms with Crippen LogP contribution in [0.1, 0.15) is 11.1 Å². The maximum Gasteiger partial charge on any atom is 0.251 e. The number of amides is 1. The topological polar surface area (TPSA) is 29.1 Å². The summed E-state index contributed by atoms with van der Waals surface area (Å²) in [7, 11) is 0. The van der Waals surface area contributed by atoms with Crippen LogP contribution in [0.2, 0.25) is 0 Å². The van der Waals surface area contributed by atoms with Crippen LogP contribution >= 0.6 is 15.9 Å². The van der Waals surface area contributed by atoms with E-state index in [4.69, 9.17) is 0 Å². The molecular formula is C16H12BrNO. The Morgan fingerprint density at radius 2 is 1.89 bits per heavy atom. The minimum atomic E-state index is -0.0151. The Labute approximate surface area is 120 Å². The molecule has 0 aromatic heterocycles. The Kier molecular flexibility index (Phi) is 3.22. The molecule has 3 rings (SSSR count). The number of carbonyl (C=O) groups is 1. The lowest BCUT2D eigenvalue weighted by Gasteiger charge is -2.19. The van der Waals surface area contributed by atoms with Gasteiger partial charge in [-0.15, -0.1) is 0 Å². The molecule has 2 aromatic rings. The molecule has 2 aromatic carbocycles. The number of fused-ring (bicyclic) bond motifs is 1. The number of rotatable bonds is 1. The van der Waals surface area contributed by atoms with Crippen molar-refractivity contribution in [2.75, 3.05) is 5.32 Å². The summed E-state index contributed by atoms with van der Waals surface area (Å²) in [6.45, 7) is 0. The van der Waals surface area contributed by atoms with Crippen molar-refractivity contribution in [1.82, 2.24) is 0 Å². The maximum atomic E-state index is 12.1. The summed E-state index contributed by atoms with van der Waals surface area (Å²) >= 11 is 3.46. The van der Waals surface area contributed by atoms with Crippen molar-refractivity contribution >= 4 is 33.6 Å². The molecule has 0 aliphatic carbocycles. The van der Waals surface area contributed by atoms with Gasteiger partial charge in [0.2, 0.25) is 0 Å². The lowest BCUT2D eigenvalue weighted by molar-refractivity contribution is -0.113. The highest BCUT2D eigenvalue weighted by molar-refractivity contribution is 9.10. The van der Waals surface area contributed by atoms with Gasteiger partial charge in [-0.2, -0.15) is 0 Å². The van der Waals surface area contributed by atoms with E-state index in [1.54, 1.807) is 0 Å². The first-order valence-electron chi connectivity index (χ1n) is 6.08. The highest BCUT2D eigenvalue weighted by Crippen LogP contribution is 2.28. The van der Waals surface area contributed by atoms with Crippen molar-refractivity contribution in [2.45, 2.75) is 6.42 Å². The van der Waals surface area contributed by atoms with E-state index < -0.39 is 0 Å². The van der Waals surface area contributed by atoms with Gasteiger partial charge in [-0.25, -0.2) is 0 Å². The number of carbonyl (C=O) groups excluding carboxylic acids is 1. The Morgan fingerprint density at radius 3 is 2.68 bits per heavy atom. The number of nitrogens with one attached hydrogen (secondary N) is 1. The Balaban J connectivity index is 1.97. The molecule has 1 aliphatic rings.